The molecule has 2 nitrogen and oxygen atoms in total. The lowest BCUT2D eigenvalue weighted by molar-refractivity contribution is 0.614. The molecule has 0 amide bonds. The molecule has 0 unspecified atom stereocenters. The molecule has 0 radical (unpaired) electrons. The average molecular weight is 217 g/mol. The van der Waals surface area contributed by atoms with Gasteiger partial charge in [0.15, 0.2) is 0 Å². The Hall–Kier alpha value is -0.640. The molecular formula is C10H14ClFN2. The van der Waals surface area contributed by atoms with Crippen molar-refractivity contribution in [1.29, 1.82) is 0 Å². The third-order valence-electron chi connectivity index (χ3n) is 2.04. The summed E-state index contributed by atoms with van der Waals surface area (Å²) in [6.45, 7) is 2.83. The Kier molecular flexibility index (Phi) is 4.32. The zero-order valence-corrected chi connectivity index (χ0v) is 8.87. The molecule has 0 aliphatic carbocycles. The molecule has 4 heteroatoms. The van der Waals surface area contributed by atoms with Crippen molar-refractivity contribution in [3.05, 3.63) is 34.1 Å². The number of aryl methyl sites for hydroxylation is 1. The molecule has 0 saturated heterocycles. The van der Waals surface area contributed by atoms with E-state index in [1.807, 2.05) is 0 Å². The Balaban J connectivity index is 2.72. The quantitative estimate of drug-likeness (QED) is 0.596. The Labute approximate surface area is 88.2 Å². The molecule has 0 spiro atoms. The molecule has 0 heterocycles. The molecule has 3 N–H and O–H groups in total. The lowest BCUT2D eigenvalue weighted by Crippen LogP contribution is -2.24. The second-order valence-corrected chi connectivity index (χ2v) is 3.55. The predicted molar refractivity (Wildman–Crippen MR) is 56.9 cm³/mol. The van der Waals surface area contributed by atoms with Gasteiger partial charge in [0.05, 0.1) is 0 Å². The van der Waals surface area contributed by atoms with E-state index in [9.17, 15) is 4.39 Å². The summed E-state index contributed by atoms with van der Waals surface area (Å²) in [4.78, 5) is 0. The summed E-state index contributed by atoms with van der Waals surface area (Å²) in [5.41, 5.74) is 6.66. The number of rotatable bonds is 4. The van der Waals surface area contributed by atoms with Crippen LogP contribution in [0.15, 0.2) is 12.1 Å². The van der Waals surface area contributed by atoms with E-state index in [0.717, 1.165) is 5.56 Å². The maximum absolute atomic E-state index is 13.2. The highest BCUT2D eigenvalue weighted by atomic mass is 35.5. The van der Waals surface area contributed by atoms with Gasteiger partial charge in [0, 0.05) is 18.2 Å². The molecule has 0 atom stereocenters. The SMILES string of the molecule is Cc1cc(Cl)c(CCNCN)cc1F. The molecule has 1 aromatic carbocycles. The minimum atomic E-state index is -0.211. The molecule has 0 fully saturated rings. The first kappa shape index (κ1) is 11.4. The van der Waals surface area contributed by atoms with E-state index in [1.54, 1.807) is 13.0 Å². The highest BCUT2D eigenvalue weighted by Gasteiger charge is 2.04. The van der Waals surface area contributed by atoms with E-state index in [0.29, 0.717) is 30.2 Å². The molecule has 0 bridgehead atoms. The van der Waals surface area contributed by atoms with Crippen molar-refractivity contribution in [2.45, 2.75) is 13.3 Å². The standard InChI is InChI=1S/C10H14ClFN2/c1-7-4-9(11)8(5-10(7)12)2-3-14-6-13/h4-5,14H,2-3,6,13H2,1H3. The fourth-order valence-electron chi connectivity index (χ4n) is 1.20. The summed E-state index contributed by atoms with van der Waals surface area (Å²) in [6, 6.07) is 3.13. The van der Waals surface area contributed by atoms with Crippen LogP contribution in [0.2, 0.25) is 5.02 Å². The zero-order chi connectivity index (χ0) is 10.6. The van der Waals surface area contributed by atoms with E-state index < -0.39 is 0 Å². The Morgan fingerprint density at radius 2 is 2.21 bits per heavy atom. The van der Waals surface area contributed by atoms with Crippen LogP contribution in [0.4, 0.5) is 4.39 Å². The molecule has 1 rings (SSSR count). The predicted octanol–water partition coefficient (Wildman–Crippen LogP) is 1.84. The molecule has 0 saturated carbocycles. The van der Waals surface area contributed by atoms with E-state index in [2.05, 4.69) is 5.32 Å². The monoisotopic (exact) mass is 216 g/mol. The average Bonchev–Trinajstić information content (AvgIpc) is 2.14. The van der Waals surface area contributed by atoms with Gasteiger partial charge >= 0.3 is 0 Å². The van der Waals surface area contributed by atoms with Crippen molar-refractivity contribution in [3.63, 3.8) is 0 Å². The summed E-state index contributed by atoms with van der Waals surface area (Å²) >= 11 is 5.95. The number of nitrogens with two attached hydrogens (primary N) is 1. The maximum Gasteiger partial charge on any atom is 0.126 e. The normalized spacial score (nSPS) is 10.6. The van der Waals surface area contributed by atoms with E-state index in [4.69, 9.17) is 17.3 Å². The number of hydrogen-bond donors (Lipinski definition) is 2. The third kappa shape index (κ3) is 2.94. The first-order chi connectivity index (χ1) is 6.65. The van der Waals surface area contributed by atoms with Crippen molar-refractivity contribution in [2.75, 3.05) is 13.2 Å². The molecule has 0 aromatic heterocycles. The number of nitrogens with one attached hydrogen (secondary N) is 1. The fraction of sp³-hybridized carbons (Fsp3) is 0.400. The largest absolute Gasteiger partial charge is 0.318 e. The summed E-state index contributed by atoms with van der Waals surface area (Å²) in [5, 5.41) is 3.57. The molecule has 1 aromatic rings. The number of halogens is 2. The molecule has 0 aliphatic heterocycles. The van der Waals surface area contributed by atoms with Crippen molar-refractivity contribution in [1.82, 2.24) is 5.32 Å². The van der Waals surface area contributed by atoms with Gasteiger partial charge in [0.2, 0.25) is 0 Å². The summed E-state index contributed by atoms with van der Waals surface area (Å²) in [5.74, 6) is -0.211. The summed E-state index contributed by atoms with van der Waals surface area (Å²) in [6.07, 6.45) is 0.688. The Morgan fingerprint density at radius 3 is 2.86 bits per heavy atom. The highest BCUT2D eigenvalue weighted by Crippen LogP contribution is 2.20. The Bertz CT molecular complexity index is 315. The minimum Gasteiger partial charge on any atom is -0.318 e. The van der Waals surface area contributed by atoms with Gasteiger partial charge < -0.3 is 11.1 Å². The summed E-state index contributed by atoms with van der Waals surface area (Å²) in [7, 11) is 0. The van der Waals surface area contributed by atoms with Crippen LogP contribution < -0.4 is 11.1 Å². The van der Waals surface area contributed by atoms with Crippen LogP contribution in [0.5, 0.6) is 0 Å². The van der Waals surface area contributed by atoms with Gasteiger partial charge in [0.25, 0.3) is 0 Å². The maximum atomic E-state index is 13.2. The van der Waals surface area contributed by atoms with Crippen molar-refractivity contribution in [3.8, 4) is 0 Å². The molecule has 78 valence electrons. The molecule has 0 aliphatic rings. The topological polar surface area (TPSA) is 38.0 Å². The Morgan fingerprint density at radius 1 is 1.50 bits per heavy atom. The van der Waals surface area contributed by atoms with Crippen LogP contribution >= 0.6 is 11.6 Å². The molecule has 14 heavy (non-hydrogen) atoms. The molecular weight excluding hydrogens is 203 g/mol. The first-order valence-electron chi connectivity index (χ1n) is 4.50. The zero-order valence-electron chi connectivity index (χ0n) is 8.11. The number of hydrogen-bond acceptors (Lipinski definition) is 2. The summed E-state index contributed by atoms with van der Waals surface area (Å²) < 4.78 is 13.2. The van der Waals surface area contributed by atoms with Gasteiger partial charge in [0.1, 0.15) is 5.82 Å². The van der Waals surface area contributed by atoms with E-state index in [1.165, 1.54) is 6.07 Å². The second-order valence-electron chi connectivity index (χ2n) is 3.15. The van der Waals surface area contributed by atoms with E-state index in [-0.39, 0.29) is 5.82 Å². The smallest absolute Gasteiger partial charge is 0.126 e. The van der Waals surface area contributed by atoms with Crippen LogP contribution in [-0.2, 0) is 6.42 Å². The van der Waals surface area contributed by atoms with Gasteiger partial charge in [-0.1, -0.05) is 11.6 Å². The van der Waals surface area contributed by atoms with Crippen molar-refractivity contribution >= 4 is 11.6 Å². The van der Waals surface area contributed by atoms with Gasteiger partial charge in [-0.25, -0.2) is 4.39 Å². The van der Waals surface area contributed by atoms with Crippen LogP contribution in [-0.4, -0.2) is 13.2 Å². The van der Waals surface area contributed by atoms with Crippen LogP contribution in [0.3, 0.4) is 0 Å². The van der Waals surface area contributed by atoms with Crippen LogP contribution in [0.1, 0.15) is 11.1 Å². The highest BCUT2D eigenvalue weighted by molar-refractivity contribution is 6.31. The van der Waals surface area contributed by atoms with Crippen LogP contribution in [0, 0.1) is 12.7 Å². The van der Waals surface area contributed by atoms with Crippen LogP contribution in [0.25, 0.3) is 0 Å². The van der Waals surface area contributed by atoms with Crippen molar-refractivity contribution in [2.24, 2.45) is 5.73 Å². The minimum absolute atomic E-state index is 0.211. The van der Waals surface area contributed by atoms with Gasteiger partial charge in [-0.3, -0.25) is 0 Å². The second kappa shape index (κ2) is 5.29. The first-order valence-corrected chi connectivity index (χ1v) is 4.88. The fourth-order valence-corrected chi connectivity index (χ4v) is 1.52. The third-order valence-corrected chi connectivity index (χ3v) is 2.39. The number of benzene rings is 1. The van der Waals surface area contributed by atoms with Gasteiger partial charge in [-0.2, -0.15) is 0 Å². The van der Waals surface area contributed by atoms with Gasteiger partial charge in [-0.05, 0) is 36.6 Å². The van der Waals surface area contributed by atoms with E-state index >= 15 is 0 Å². The van der Waals surface area contributed by atoms with Gasteiger partial charge in [-0.15, -0.1) is 0 Å². The lowest BCUT2D eigenvalue weighted by Gasteiger charge is -2.06. The van der Waals surface area contributed by atoms with Crippen molar-refractivity contribution < 1.29 is 4.39 Å². The lowest BCUT2D eigenvalue weighted by atomic mass is 10.1.